The third-order valence-electron chi connectivity index (χ3n) is 8.32. The van der Waals surface area contributed by atoms with Crippen LogP contribution < -0.4 is 16.0 Å². The first-order valence-electron chi connectivity index (χ1n) is 13.6. The minimum atomic E-state index is -5.23. The summed E-state index contributed by atoms with van der Waals surface area (Å²) in [7, 11) is 0. The number of likely N-dealkylation sites (tertiary alicyclic amines) is 1. The summed E-state index contributed by atoms with van der Waals surface area (Å²) in [6.45, 7) is 7.02. The summed E-state index contributed by atoms with van der Waals surface area (Å²) in [6.07, 6.45) is -0.886. The lowest BCUT2D eigenvalue weighted by Crippen LogP contribution is -2.61. The molecule has 0 aromatic rings. The second-order valence-electron chi connectivity index (χ2n) is 12.2. The highest BCUT2D eigenvalue weighted by Gasteiger charge is 2.59. The maximum atomic E-state index is 13.9. The van der Waals surface area contributed by atoms with Crippen molar-refractivity contribution in [1.82, 2.24) is 20.9 Å². The molecule has 9 unspecified atom stereocenters. The third kappa shape index (κ3) is 6.11. The number of fused-ring (bicyclic) bond motifs is 5. The van der Waals surface area contributed by atoms with E-state index in [-0.39, 0.29) is 42.5 Å². The maximum absolute atomic E-state index is 13.9. The smallest absolute Gasteiger partial charge is 0.370 e. The first-order valence-corrected chi connectivity index (χ1v) is 13.6. The Morgan fingerprint density at radius 2 is 1.88 bits per heavy atom. The Morgan fingerprint density at radius 1 is 1.20 bits per heavy atom. The monoisotopic (exact) mass is 567 g/mol. The van der Waals surface area contributed by atoms with Crippen molar-refractivity contribution in [3.63, 3.8) is 0 Å². The molecule has 3 fully saturated rings. The highest BCUT2D eigenvalue weighted by Crippen LogP contribution is 2.54. The third-order valence-corrected chi connectivity index (χ3v) is 8.32. The summed E-state index contributed by atoms with van der Waals surface area (Å²) >= 11 is 0. The molecule has 0 aromatic carbocycles. The number of nitrogens with zero attached hydrogens (tertiary/aromatic N) is 2. The van der Waals surface area contributed by atoms with Crippen LogP contribution in [0.4, 0.5) is 13.2 Å². The van der Waals surface area contributed by atoms with Crippen molar-refractivity contribution >= 4 is 23.6 Å². The van der Waals surface area contributed by atoms with E-state index in [1.165, 1.54) is 11.8 Å². The van der Waals surface area contributed by atoms with Crippen molar-refractivity contribution in [2.45, 2.75) is 83.0 Å². The van der Waals surface area contributed by atoms with Gasteiger partial charge in [0.1, 0.15) is 18.1 Å². The summed E-state index contributed by atoms with van der Waals surface area (Å²) in [5, 5.41) is 16.9. The number of nitriles is 1. The first kappa shape index (κ1) is 29.8. The molecule has 4 amide bonds. The molecule has 10 nitrogen and oxygen atoms in total. The summed E-state index contributed by atoms with van der Waals surface area (Å²) in [6, 6.07) is -1.73. The predicted octanol–water partition coefficient (Wildman–Crippen LogP) is 1.42. The molecule has 2 heterocycles. The average molecular weight is 568 g/mol. The number of ether oxygens (including phenoxy) is 1. The van der Waals surface area contributed by atoms with Gasteiger partial charge in [-0.05, 0) is 70.6 Å². The fourth-order valence-corrected chi connectivity index (χ4v) is 6.74. The van der Waals surface area contributed by atoms with Gasteiger partial charge in [-0.3, -0.25) is 19.2 Å². The number of halogens is 3. The minimum Gasteiger partial charge on any atom is -0.370 e. The fraction of sp³-hybridized carbons (Fsp3) is 0.741. The van der Waals surface area contributed by atoms with E-state index in [2.05, 4.69) is 10.6 Å². The lowest BCUT2D eigenvalue weighted by molar-refractivity contribution is -0.177. The molecule has 4 aliphatic rings. The van der Waals surface area contributed by atoms with Gasteiger partial charge in [-0.1, -0.05) is 12.2 Å². The van der Waals surface area contributed by atoms with Gasteiger partial charge in [0.05, 0.1) is 17.8 Å². The molecule has 40 heavy (non-hydrogen) atoms. The molecule has 0 aromatic heterocycles. The zero-order chi connectivity index (χ0) is 29.6. The number of rotatable bonds is 8. The van der Waals surface area contributed by atoms with Crippen molar-refractivity contribution < 1.29 is 37.1 Å². The zero-order valence-corrected chi connectivity index (χ0v) is 23.0. The van der Waals surface area contributed by atoms with Crippen LogP contribution in [0.3, 0.4) is 0 Å². The number of nitrogens with one attached hydrogen (secondary N) is 3. The molecule has 13 heteroatoms. The van der Waals surface area contributed by atoms with E-state index in [4.69, 9.17) is 4.74 Å². The van der Waals surface area contributed by atoms with E-state index in [0.717, 1.165) is 6.42 Å². The summed E-state index contributed by atoms with van der Waals surface area (Å²) in [5.74, 6) is -4.62. The molecule has 2 aliphatic carbocycles. The van der Waals surface area contributed by atoms with E-state index in [1.807, 2.05) is 18.2 Å². The van der Waals surface area contributed by atoms with Crippen molar-refractivity contribution in [3.05, 3.63) is 12.2 Å². The number of amides is 4. The summed E-state index contributed by atoms with van der Waals surface area (Å²) in [5.41, 5.74) is -0.839. The number of carbonyl (C=O) groups is 4. The minimum absolute atomic E-state index is 0.00356. The van der Waals surface area contributed by atoms with Gasteiger partial charge in [0.25, 0.3) is 0 Å². The molecule has 9 atom stereocenters. The largest absolute Gasteiger partial charge is 0.471 e. The van der Waals surface area contributed by atoms with Crippen LogP contribution in [0, 0.1) is 40.9 Å². The van der Waals surface area contributed by atoms with E-state index in [9.17, 15) is 37.6 Å². The Balaban J connectivity index is 1.60. The van der Waals surface area contributed by atoms with Crippen LogP contribution in [0.1, 0.15) is 47.0 Å². The van der Waals surface area contributed by atoms with Gasteiger partial charge < -0.3 is 25.6 Å². The lowest BCUT2D eigenvalue weighted by atomic mass is 9.81. The maximum Gasteiger partial charge on any atom is 0.471 e. The standard InChI is InChI=1S/C27H36F3N5O5/c1-13(40-26(2,3)4)20(34-25(39)27(28,29)30)24(38)35-12-18-14-5-6-15(9-14)19(18)21(35)23(37)33-17(11-31)10-16-7-8-32-22(16)36/h5-6,13-21H,7-10,12H2,1-4H3,(H,32,36)(H,33,37)(H,34,39). The Hall–Kier alpha value is -3.14. The van der Waals surface area contributed by atoms with Gasteiger partial charge in [0.2, 0.25) is 17.7 Å². The topological polar surface area (TPSA) is 141 Å². The fourth-order valence-electron chi connectivity index (χ4n) is 6.74. The van der Waals surface area contributed by atoms with Crippen molar-refractivity contribution in [2.24, 2.45) is 29.6 Å². The summed E-state index contributed by atoms with van der Waals surface area (Å²) in [4.78, 5) is 52.9. The molecule has 0 spiro atoms. The van der Waals surface area contributed by atoms with Crippen LogP contribution in [0.2, 0.25) is 0 Å². The molecule has 1 saturated carbocycles. The van der Waals surface area contributed by atoms with Crippen LogP contribution in [0.5, 0.6) is 0 Å². The van der Waals surface area contributed by atoms with E-state index in [0.29, 0.717) is 13.0 Å². The number of hydrogen-bond acceptors (Lipinski definition) is 6. The molecule has 2 bridgehead atoms. The molecule has 2 saturated heterocycles. The van der Waals surface area contributed by atoms with Crippen LogP contribution >= 0.6 is 0 Å². The molecule has 220 valence electrons. The van der Waals surface area contributed by atoms with Gasteiger partial charge in [0, 0.05) is 19.0 Å². The SMILES string of the molecule is CC(OC(C)(C)C)C(NC(=O)C(F)(F)F)C(=O)N1CC2C3C=CC(C3)C2C1C(=O)NC(C#N)CC1CCNC1=O. The highest BCUT2D eigenvalue weighted by molar-refractivity contribution is 5.94. The van der Waals surface area contributed by atoms with Crippen LogP contribution in [0.25, 0.3) is 0 Å². The molecule has 3 N–H and O–H groups in total. The van der Waals surface area contributed by atoms with Gasteiger partial charge in [-0.25, -0.2) is 0 Å². The van der Waals surface area contributed by atoms with Crippen molar-refractivity contribution in [1.29, 1.82) is 5.26 Å². The quantitative estimate of drug-likeness (QED) is 0.379. The van der Waals surface area contributed by atoms with E-state index >= 15 is 0 Å². The Kier molecular flexibility index (Phi) is 8.23. The van der Waals surface area contributed by atoms with Crippen LogP contribution in [-0.2, 0) is 23.9 Å². The molecular weight excluding hydrogens is 531 g/mol. The van der Waals surface area contributed by atoms with Gasteiger partial charge in [-0.2, -0.15) is 18.4 Å². The van der Waals surface area contributed by atoms with Crippen molar-refractivity contribution in [3.8, 4) is 6.07 Å². The second kappa shape index (κ2) is 11.0. The lowest BCUT2D eigenvalue weighted by Gasteiger charge is -2.36. The average Bonchev–Trinajstić information content (AvgIpc) is 3.62. The number of hydrogen-bond donors (Lipinski definition) is 3. The molecule has 0 radical (unpaired) electrons. The van der Waals surface area contributed by atoms with Crippen molar-refractivity contribution in [2.75, 3.05) is 13.1 Å². The number of carbonyl (C=O) groups excluding carboxylic acids is 4. The van der Waals surface area contributed by atoms with Gasteiger partial charge in [-0.15, -0.1) is 0 Å². The Labute approximate surface area is 231 Å². The van der Waals surface area contributed by atoms with Crippen LogP contribution in [0.15, 0.2) is 12.2 Å². The highest BCUT2D eigenvalue weighted by atomic mass is 19.4. The molecular formula is C27H36F3N5O5. The first-order chi connectivity index (χ1) is 18.6. The Morgan fingerprint density at radius 3 is 2.45 bits per heavy atom. The predicted molar refractivity (Wildman–Crippen MR) is 135 cm³/mol. The summed E-state index contributed by atoms with van der Waals surface area (Å²) < 4.78 is 45.4. The number of allylic oxidation sites excluding steroid dienone is 2. The van der Waals surface area contributed by atoms with Gasteiger partial charge in [0.15, 0.2) is 0 Å². The van der Waals surface area contributed by atoms with E-state index in [1.54, 1.807) is 26.1 Å². The second-order valence-corrected chi connectivity index (χ2v) is 12.2. The molecule has 2 aliphatic heterocycles. The Bertz CT molecular complexity index is 1110. The van der Waals surface area contributed by atoms with Crippen LogP contribution in [-0.4, -0.2) is 77.6 Å². The van der Waals surface area contributed by atoms with Gasteiger partial charge >= 0.3 is 12.1 Å². The molecule has 4 rings (SSSR count). The number of alkyl halides is 3. The normalized spacial score (nSPS) is 31.2. The van der Waals surface area contributed by atoms with E-state index < -0.39 is 59.6 Å². The zero-order valence-electron chi connectivity index (χ0n) is 23.0.